The Hall–Kier alpha value is -0.900. The van der Waals surface area contributed by atoms with Gasteiger partial charge in [-0.15, -0.1) is 0 Å². The number of H-pyrrole nitrogens is 1. The van der Waals surface area contributed by atoms with Crippen molar-refractivity contribution in [2.45, 2.75) is 39.2 Å². The van der Waals surface area contributed by atoms with Gasteiger partial charge in [0.2, 0.25) is 0 Å². The van der Waals surface area contributed by atoms with E-state index in [1.54, 1.807) is 0 Å². The fourth-order valence-corrected chi connectivity index (χ4v) is 1.42. The maximum Gasteiger partial charge on any atom is 0.256 e. The van der Waals surface area contributed by atoms with Gasteiger partial charge in [0.1, 0.15) is 0 Å². The summed E-state index contributed by atoms with van der Waals surface area (Å²) in [4.78, 5) is 3.00. The summed E-state index contributed by atoms with van der Waals surface area (Å²) in [6, 6.07) is 0. The molecule has 0 spiro atoms. The molecule has 1 aromatic rings. The number of nitrogens with one attached hydrogen (secondary N) is 1. The van der Waals surface area contributed by atoms with E-state index in [4.69, 9.17) is 5.73 Å². The van der Waals surface area contributed by atoms with Crippen molar-refractivity contribution in [3.8, 4) is 0 Å². The van der Waals surface area contributed by atoms with Crippen LogP contribution in [0.1, 0.15) is 23.7 Å². The van der Waals surface area contributed by atoms with Crippen molar-refractivity contribution in [1.29, 1.82) is 0 Å². The fraction of sp³-hybridized carbons (Fsp3) is 0.600. The fourth-order valence-electron chi connectivity index (χ4n) is 1.42. The lowest BCUT2D eigenvalue weighted by Gasteiger charge is -2.23. The molecule has 1 heterocycles. The van der Waals surface area contributed by atoms with Crippen LogP contribution in [0.25, 0.3) is 0 Å². The zero-order valence-electron chi connectivity index (χ0n) is 8.70. The van der Waals surface area contributed by atoms with Crippen LogP contribution in [0.3, 0.4) is 0 Å². The Labute approximate surface area is 82.5 Å². The first-order valence-corrected chi connectivity index (χ1v) is 4.55. The first-order chi connectivity index (χ1) is 6.34. The van der Waals surface area contributed by atoms with Crippen LogP contribution in [0.5, 0.6) is 0 Å². The summed E-state index contributed by atoms with van der Waals surface area (Å²) >= 11 is 0. The summed E-state index contributed by atoms with van der Waals surface area (Å²) < 4.78 is 25.1. The summed E-state index contributed by atoms with van der Waals surface area (Å²) in [6.45, 7) is 5.13. The van der Waals surface area contributed by atoms with Crippen LogP contribution in [-0.2, 0) is 6.42 Å². The van der Waals surface area contributed by atoms with Gasteiger partial charge in [-0.25, -0.2) is 8.78 Å². The number of hydrogen-bond acceptors (Lipinski definition) is 1. The summed E-state index contributed by atoms with van der Waals surface area (Å²) in [7, 11) is 0. The molecular weight excluding hydrogens is 186 g/mol. The highest BCUT2D eigenvalue weighted by Crippen LogP contribution is 2.22. The Morgan fingerprint density at radius 3 is 2.43 bits per heavy atom. The predicted octanol–water partition coefficient (Wildman–Crippen LogP) is 2.16. The number of nitrogens with two attached hydrogens (primary N) is 1. The average Bonchev–Trinajstić information content (AvgIpc) is 2.35. The molecule has 0 aliphatic carbocycles. The Bertz CT molecular complexity index is 296. The van der Waals surface area contributed by atoms with Crippen LogP contribution < -0.4 is 5.73 Å². The van der Waals surface area contributed by atoms with Gasteiger partial charge < -0.3 is 10.7 Å². The Balaban J connectivity index is 2.88. The molecule has 0 radical (unpaired) electrons. The molecule has 0 aromatic carbocycles. The minimum atomic E-state index is -2.50. The second-order valence-electron chi connectivity index (χ2n) is 4.06. The van der Waals surface area contributed by atoms with E-state index < -0.39 is 12.0 Å². The van der Waals surface area contributed by atoms with Gasteiger partial charge in [-0.1, -0.05) is 0 Å². The molecule has 80 valence electrons. The number of hydrogen-bond donors (Lipinski definition) is 2. The highest BCUT2D eigenvalue weighted by molar-refractivity contribution is 5.30. The number of aromatic amines is 1. The topological polar surface area (TPSA) is 41.8 Å². The smallest absolute Gasteiger partial charge is 0.256 e. The predicted molar refractivity (Wildman–Crippen MR) is 52.6 cm³/mol. The second kappa shape index (κ2) is 3.69. The van der Waals surface area contributed by atoms with Crippen molar-refractivity contribution >= 4 is 0 Å². The number of aromatic nitrogens is 1. The number of halogens is 2. The third-order valence-corrected chi connectivity index (χ3v) is 2.49. The Kier molecular flexibility index (Phi) is 2.95. The molecule has 0 fully saturated rings. The van der Waals surface area contributed by atoms with Crippen molar-refractivity contribution in [3.63, 3.8) is 0 Å². The molecule has 0 aliphatic rings. The summed E-state index contributed by atoms with van der Waals surface area (Å²) in [5.74, 6) is 0. The second-order valence-corrected chi connectivity index (χ2v) is 4.06. The lowest BCUT2D eigenvalue weighted by molar-refractivity contribution is 0.0638. The van der Waals surface area contributed by atoms with Gasteiger partial charge in [-0.05, 0) is 38.3 Å². The zero-order chi connectivity index (χ0) is 10.9. The minimum Gasteiger partial charge on any atom is -0.365 e. The van der Waals surface area contributed by atoms with E-state index in [0.717, 1.165) is 16.8 Å². The van der Waals surface area contributed by atoms with E-state index in [-0.39, 0.29) is 6.42 Å². The standard InChI is InChI=1S/C10H16F2N2/c1-6-5-14-7(2)8(6)4-10(3,13)9(11)12/h5,9,14H,4,13H2,1-3H3. The highest BCUT2D eigenvalue weighted by atomic mass is 19.3. The third kappa shape index (κ3) is 2.12. The van der Waals surface area contributed by atoms with Crippen molar-refractivity contribution in [1.82, 2.24) is 4.98 Å². The minimum absolute atomic E-state index is 0.200. The van der Waals surface area contributed by atoms with Gasteiger partial charge in [-0.2, -0.15) is 0 Å². The van der Waals surface area contributed by atoms with E-state index in [0.29, 0.717) is 0 Å². The van der Waals surface area contributed by atoms with Crippen LogP contribution in [0.15, 0.2) is 6.20 Å². The largest absolute Gasteiger partial charge is 0.365 e. The normalized spacial score (nSPS) is 15.9. The number of alkyl halides is 2. The van der Waals surface area contributed by atoms with Gasteiger partial charge in [0, 0.05) is 11.9 Å². The molecular formula is C10H16F2N2. The van der Waals surface area contributed by atoms with E-state index in [9.17, 15) is 8.78 Å². The Morgan fingerprint density at radius 1 is 1.50 bits per heavy atom. The SMILES string of the molecule is Cc1c[nH]c(C)c1CC(C)(N)C(F)F. The maximum absolute atomic E-state index is 12.5. The summed E-state index contributed by atoms with van der Waals surface area (Å²) in [5.41, 5.74) is 6.88. The molecule has 0 saturated carbocycles. The van der Waals surface area contributed by atoms with Crippen LogP contribution in [-0.4, -0.2) is 16.9 Å². The van der Waals surface area contributed by atoms with E-state index >= 15 is 0 Å². The lowest BCUT2D eigenvalue weighted by Crippen LogP contribution is -2.46. The molecule has 1 aromatic heterocycles. The third-order valence-electron chi connectivity index (χ3n) is 2.49. The molecule has 3 N–H and O–H groups in total. The summed E-state index contributed by atoms with van der Waals surface area (Å²) in [5, 5.41) is 0. The van der Waals surface area contributed by atoms with Crippen LogP contribution >= 0.6 is 0 Å². The number of rotatable bonds is 3. The molecule has 0 amide bonds. The molecule has 14 heavy (non-hydrogen) atoms. The van der Waals surface area contributed by atoms with Crippen molar-refractivity contribution < 1.29 is 8.78 Å². The average molecular weight is 202 g/mol. The molecule has 2 nitrogen and oxygen atoms in total. The first-order valence-electron chi connectivity index (χ1n) is 4.55. The molecule has 4 heteroatoms. The zero-order valence-corrected chi connectivity index (χ0v) is 8.70. The quantitative estimate of drug-likeness (QED) is 0.774. The van der Waals surface area contributed by atoms with Crippen molar-refractivity contribution in [3.05, 3.63) is 23.0 Å². The van der Waals surface area contributed by atoms with Crippen LogP contribution in [0, 0.1) is 13.8 Å². The van der Waals surface area contributed by atoms with Gasteiger partial charge >= 0.3 is 0 Å². The van der Waals surface area contributed by atoms with Crippen LogP contribution in [0.4, 0.5) is 8.78 Å². The molecule has 0 bridgehead atoms. The molecule has 1 rings (SSSR count). The Morgan fingerprint density at radius 2 is 2.07 bits per heavy atom. The highest BCUT2D eigenvalue weighted by Gasteiger charge is 2.31. The van der Waals surface area contributed by atoms with Crippen LogP contribution in [0.2, 0.25) is 0 Å². The number of aryl methyl sites for hydroxylation is 2. The first kappa shape index (κ1) is 11.2. The van der Waals surface area contributed by atoms with Gasteiger partial charge in [0.15, 0.2) is 0 Å². The van der Waals surface area contributed by atoms with Crippen molar-refractivity contribution in [2.75, 3.05) is 0 Å². The maximum atomic E-state index is 12.5. The molecule has 0 aliphatic heterocycles. The molecule has 1 unspecified atom stereocenters. The monoisotopic (exact) mass is 202 g/mol. The summed E-state index contributed by atoms with van der Waals surface area (Å²) in [6.07, 6.45) is -0.492. The van der Waals surface area contributed by atoms with Gasteiger partial charge in [0.25, 0.3) is 6.43 Å². The van der Waals surface area contributed by atoms with E-state index in [1.165, 1.54) is 6.92 Å². The van der Waals surface area contributed by atoms with E-state index in [2.05, 4.69) is 4.98 Å². The van der Waals surface area contributed by atoms with Crippen molar-refractivity contribution in [2.24, 2.45) is 5.73 Å². The van der Waals surface area contributed by atoms with Gasteiger partial charge in [0.05, 0.1) is 5.54 Å². The van der Waals surface area contributed by atoms with Gasteiger partial charge in [-0.3, -0.25) is 0 Å². The lowest BCUT2D eigenvalue weighted by atomic mass is 9.93. The van der Waals surface area contributed by atoms with E-state index in [1.807, 2.05) is 20.0 Å². The molecule has 1 atom stereocenters. The molecule has 0 saturated heterocycles.